The molecular weight excluding hydrogens is 288 g/mol. The van der Waals surface area contributed by atoms with Crippen LogP contribution in [-0.4, -0.2) is 7.11 Å². The largest absolute Gasteiger partial charge is 0.496 e. The van der Waals surface area contributed by atoms with Gasteiger partial charge in [0, 0.05) is 6.07 Å². The van der Waals surface area contributed by atoms with E-state index in [-0.39, 0.29) is 0 Å². The lowest BCUT2D eigenvalue weighted by Crippen LogP contribution is -1.98. The Bertz CT molecular complexity index is 793. The maximum atomic E-state index is 11.4. The Hall–Kier alpha value is -2.81. The number of benzene rings is 1. The minimum atomic E-state index is -0.425. The molecule has 0 aliphatic rings. The van der Waals surface area contributed by atoms with Gasteiger partial charge in [-0.05, 0) is 25.5 Å². The van der Waals surface area contributed by atoms with Gasteiger partial charge in [-0.2, -0.15) is 0 Å². The van der Waals surface area contributed by atoms with Crippen LogP contribution in [0.5, 0.6) is 5.75 Å². The highest BCUT2D eigenvalue weighted by atomic mass is 16.5. The van der Waals surface area contributed by atoms with Gasteiger partial charge in [0.1, 0.15) is 11.5 Å². The molecule has 0 bridgehead atoms. The third-order valence-corrected chi connectivity index (χ3v) is 3.16. The summed E-state index contributed by atoms with van der Waals surface area (Å²) in [7, 11) is 1.52. The van der Waals surface area contributed by atoms with Gasteiger partial charge < -0.3 is 9.15 Å². The van der Waals surface area contributed by atoms with E-state index in [0.29, 0.717) is 11.5 Å². The second-order valence-electron chi connectivity index (χ2n) is 5.24. The summed E-state index contributed by atoms with van der Waals surface area (Å²) >= 11 is 0. The van der Waals surface area contributed by atoms with Crippen LogP contribution in [-0.2, 0) is 0 Å². The summed E-state index contributed by atoms with van der Waals surface area (Å²) in [6, 6.07) is 13.1. The van der Waals surface area contributed by atoms with Crippen LogP contribution in [0.1, 0.15) is 25.2 Å². The van der Waals surface area contributed by atoms with Crippen molar-refractivity contribution in [3.63, 3.8) is 0 Å². The van der Waals surface area contributed by atoms with Crippen LogP contribution >= 0.6 is 0 Å². The number of allylic oxidation sites excluding steroid dienone is 4. The van der Waals surface area contributed by atoms with E-state index >= 15 is 0 Å². The van der Waals surface area contributed by atoms with E-state index in [2.05, 4.69) is 31.2 Å². The van der Waals surface area contributed by atoms with Gasteiger partial charge >= 0.3 is 5.63 Å². The molecule has 0 atom stereocenters. The van der Waals surface area contributed by atoms with E-state index in [9.17, 15) is 4.79 Å². The lowest BCUT2D eigenvalue weighted by Gasteiger charge is -1.99. The Labute approximate surface area is 136 Å². The number of hydrogen-bond acceptors (Lipinski definition) is 3. The van der Waals surface area contributed by atoms with Crippen molar-refractivity contribution in [1.82, 2.24) is 0 Å². The molecule has 3 nitrogen and oxygen atoms in total. The summed E-state index contributed by atoms with van der Waals surface area (Å²) in [5.74, 6) is 0.953. The molecule has 0 spiro atoms. The standard InChI is InChI=1S/C20H20O3/c1-15(11-16(2)12-17-7-5-4-6-8-17)9-10-18-13-19(22-3)14-20(21)23-18/h4-14H,1-3H3/b10-9+,15-11+,16-12-. The van der Waals surface area contributed by atoms with Gasteiger partial charge in [-0.3, -0.25) is 0 Å². The molecule has 0 fully saturated rings. The van der Waals surface area contributed by atoms with Crippen LogP contribution in [0.15, 0.2) is 75.0 Å². The van der Waals surface area contributed by atoms with Gasteiger partial charge in [0.05, 0.1) is 13.2 Å². The zero-order valence-electron chi connectivity index (χ0n) is 13.6. The molecule has 0 amide bonds. The second-order valence-corrected chi connectivity index (χ2v) is 5.24. The topological polar surface area (TPSA) is 39.4 Å². The van der Waals surface area contributed by atoms with Crippen LogP contribution < -0.4 is 10.4 Å². The summed E-state index contributed by atoms with van der Waals surface area (Å²) in [5.41, 5.74) is 2.94. The third-order valence-electron chi connectivity index (χ3n) is 3.16. The minimum absolute atomic E-state index is 0.425. The molecule has 3 heteroatoms. The van der Waals surface area contributed by atoms with E-state index < -0.39 is 5.63 Å². The van der Waals surface area contributed by atoms with Crippen molar-refractivity contribution in [3.05, 3.63) is 87.5 Å². The molecule has 0 N–H and O–H groups in total. The molecule has 23 heavy (non-hydrogen) atoms. The Balaban J connectivity index is 2.14. The molecule has 0 saturated carbocycles. The Morgan fingerprint density at radius 1 is 1.09 bits per heavy atom. The average molecular weight is 308 g/mol. The smallest absolute Gasteiger partial charge is 0.339 e. The number of hydrogen-bond donors (Lipinski definition) is 0. The van der Waals surface area contributed by atoms with Crippen LogP contribution in [0.3, 0.4) is 0 Å². The van der Waals surface area contributed by atoms with E-state index in [1.165, 1.54) is 13.2 Å². The molecule has 1 heterocycles. The quantitative estimate of drug-likeness (QED) is 0.751. The van der Waals surface area contributed by atoms with E-state index in [1.807, 2.05) is 31.2 Å². The zero-order valence-corrected chi connectivity index (χ0v) is 13.6. The molecule has 0 saturated heterocycles. The first kappa shape index (κ1) is 16.6. The van der Waals surface area contributed by atoms with Crippen molar-refractivity contribution in [2.75, 3.05) is 7.11 Å². The van der Waals surface area contributed by atoms with Gasteiger partial charge in [0.2, 0.25) is 0 Å². The van der Waals surface area contributed by atoms with Gasteiger partial charge in [-0.15, -0.1) is 0 Å². The summed E-state index contributed by atoms with van der Waals surface area (Å²) in [5, 5.41) is 0. The predicted molar refractivity (Wildman–Crippen MR) is 94.4 cm³/mol. The Morgan fingerprint density at radius 2 is 1.83 bits per heavy atom. The molecule has 0 unspecified atom stereocenters. The van der Waals surface area contributed by atoms with Crippen molar-refractivity contribution >= 4 is 12.2 Å². The van der Waals surface area contributed by atoms with Crippen molar-refractivity contribution in [2.24, 2.45) is 0 Å². The van der Waals surface area contributed by atoms with Crippen molar-refractivity contribution < 1.29 is 9.15 Å². The van der Waals surface area contributed by atoms with Gasteiger partial charge in [0.25, 0.3) is 0 Å². The third kappa shape index (κ3) is 5.47. The summed E-state index contributed by atoms with van der Waals surface area (Å²) in [6.07, 6.45) is 7.84. The predicted octanol–water partition coefficient (Wildman–Crippen LogP) is 4.71. The highest BCUT2D eigenvalue weighted by Crippen LogP contribution is 2.13. The maximum Gasteiger partial charge on any atom is 0.339 e. The molecule has 1 aromatic carbocycles. The summed E-state index contributed by atoms with van der Waals surface area (Å²) in [6.45, 7) is 4.05. The first-order valence-electron chi connectivity index (χ1n) is 7.36. The molecular formula is C20H20O3. The highest BCUT2D eigenvalue weighted by Gasteiger charge is 1.98. The first-order valence-corrected chi connectivity index (χ1v) is 7.36. The molecule has 0 aliphatic carbocycles. The zero-order chi connectivity index (χ0) is 16.7. The van der Waals surface area contributed by atoms with Gasteiger partial charge in [-0.1, -0.05) is 59.7 Å². The van der Waals surface area contributed by atoms with Crippen LogP contribution in [0, 0.1) is 0 Å². The number of methoxy groups -OCH3 is 1. The van der Waals surface area contributed by atoms with Gasteiger partial charge in [-0.25, -0.2) is 4.79 Å². The fourth-order valence-corrected chi connectivity index (χ4v) is 2.15. The fraction of sp³-hybridized carbons (Fsp3) is 0.150. The van der Waals surface area contributed by atoms with Gasteiger partial charge in [0.15, 0.2) is 0 Å². The summed E-state index contributed by atoms with van der Waals surface area (Å²) in [4.78, 5) is 11.4. The van der Waals surface area contributed by atoms with Crippen LogP contribution in [0.4, 0.5) is 0 Å². The van der Waals surface area contributed by atoms with Crippen molar-refractivity contribution in [2.45, 2.75) is 13.8 Å². The lowest BCUT2D eigenvalue weighted by atomic mass is 10.1. The first-order chi connectivity index (χ1) is 11.1. The molecule has 2 rings (SSSR count). The molecule has 0 radical (unpaired) electrons. The Kier molecular flexibility index (Phi) is 5.75. The van der Waals surface area contributed by atoms with Crippen LogP contribution in [0.25, 0.3) is 12.2 Å². The Morgan fingerprint density at radius 3 is 2.52 bits per heavy atom. The minimum Gasteiger partial charge on any atom is -0.496 e. The maximum absolute atomic E-state index is 11.4. The SMILES string of the molecule is COc1cc(/C=C/C(C)=C/C(C)=C\c2ccccc2)oc(=O)c1. The number of ether oxygens (including phenoxy) is 1. The van der Waals surface area contributed by atoms with Crippen molar-refractivity contribution in [1.29, 1.82) is 0 Å². The van der Waals surface area contributed by atoms with E-state index in [1.54, 1.807) is 12.1 Å². The van der Waals surface area contributed by atoms with Crippen molar-refractivity contribution in [3.8, 4) is 5.75 Å². The fourth-order valence-electron chi connectivity index (χ4n) is 2.15. The molecule has 2 aromatic rings. The second kappa shape index (κ2) is 7.99. The van der Waals surface area contributed by atoms with E-state index in [0.717, 1.165) is 16.7 Å². The monoisotopic (exact) mass is 308 g/mol. The van der Waals surface area contributed by atoms with E-state index in [4.69, 9.17) is 9.15 Å². The number of rotatable bonds is 5. The lowest BCUT2D eigenvalue weighted by molar-refractivity contribution is 0.400. The molecule has 1 aromatic heterocycles. The normalized spacial score (nSPS) is 12.7. The molecule has 118 valence electrons. The average Bonchev–Trinajstić information content (AvgIpc) is 2.53. The highest BCUT2D eigenvalue weighted by molar-refractivity contribution is 5.57. The molecule has 0 aliphatic heterocycles. The van der Waals surface area contributed by atoms with Crippen LogP contribution in [0.2, 0.25) is 0 Å². The summed E-state index contributed by atoms with van der Waals surface area (Å²) < 4.78 is 10.2.